The van der Waals surface area contributed by atoms with Gasteiger partial charge in [0, 0.05) is 25.5 Å². The van der Waals surface area contributed by atoms with Crippen LogP contribution in [0.3, 0.4) is 0 Å². The van der Waals surface area contributed by atoms with Crippen molar-refractivity contribution in [3.05, 3.63) is 59.9 Å². The monoisotopic (exact) mass is 410 g/mol. The predicted octanol–water partition coefficient (Wildman–Crippen LogP) is 2.95. The smallest absolute Gasteiger partial charge is 0.337 e. The molecule has 0 radical (unpaired) electrons. The van der Waals surface area contributed by atoms with Gasteiger partial charge in [-0.3, -0.25) is 4.98 Å². The highest BCUT2D eigenvalue weighted by Crippen LogP contribution is 2.38. The van der Waals surface area contributed by atoms with E-state index in [1.54, 1.807) is 24.3 Å². The summed E-state index contributed by atoms with van der Waals surface area (Å²) in [6.45, 7) is 3.22. The Morgan fingerprint density at radius 1 is 1.17 bits per heavy atom. The van der Waals surface area contributed by atoms with E-state index in [1.807, 2.05) is 18.5 Å². The number of aromatic nitrogens is 1. The normalized spacial score (nSPS) is 26.2. The van der Waals surface area contributed by atoms with Crippen LogP contribution in [0, 0.1) is 11.8 Å². The van der Waals surface area contributed by atoms with E-state index in [2.05, 4.69) is 16.0 Å². The number of benzene rings is 1. The van der Waals surface area contributed by atoms with Gasteiger partial charge in [-0.15, -0.1) is 0 Å². The summed E-state index contributed by atoms with van der Waals surface area (Å²) in [6.07, 6.45) is 6.92. The molecule has 4 rings (SSSR count). The Hall–Kier alpha value is -2.44. The zero-order chi connectivity index (χ0) is 20.9. The van der Waals surface area contributed by atoms with Crippen molar-refractivity contribution in [1.29, 1.82) is 0 Å². The molecule has 1 aromatic carbocycles. The Labute approximate surface area is 177 Å². The first-order valence-electron chi connectivity index (χ1n) is 10.8. The maximum absolute atomic E-state index is 11.6. The minimum Gasteiger partial charge on any atom is -0.488 e. The van der Waals surface area contributed by atoms with Crippen LogP contribution < -0.4 is 4.74 Å². The van der Waals surface area contributed by atoms with Gasteiger partial charge in [0.2, 0.25) is 0 Å². The molecule has 2 aromatic rings. The molecule has 2 heterocycles. The molecule has 1 aromatic heterocycles. The molecule has 0 unspecified atom stereocenters. The number of aliphatic hydroxyl groups is 1. The summed E-state index contributed by atoms with van der Waals surface area (Å²) >= 11 is 0. The number of carbonyl (C=O) groups is 1. The summed E-state index contributed by atoms with van der Waals surface area (Å²) in [4.78, 5) is 18.3. The Bertz CT molecular complexity index is 827. The van der Waals surface area contributed by atoms with Crippen molar-refractivity contribution in [2.75, 3.05) is 26.7 Å². The predicted molar refractivity (Wildman–Crippen MR) is 113 cm³/mol. The highest BCUT2D eigenvalue weighted by molar-refractivity contribution is 5.89. The van der Waals surface area contributed by atoms with E-state index in [-0.39, 0.29) is 12.1 Å². The number of hydrogen-bond acceptors (Lipinski definition) is 6. The van der Waals surface area contributed by atoms with E-state index in [4.69, 9.17) is 9.47 Å². The van der Waals surface area contributed by atoms with Crippen molar-refractivity contribution in [3.8, 4) is 5.75 Å². The SMILES string of the molecule is COC(=O)c1ccc(O[C@@H]2C[C@@H]3CN(CCCc4cccnc4)C[C@@H]3C[C@H]2O)cc1. The maximum Gasteiger partial charge on any atom is 0.337 e. The first-order chi connectivity index (χ1) is 14.6. The maximum atomic E-state index is 11.6. The highest BCUT2D eigenvalue weighted by atomic mass is 16.5. The van der Waals surface area contributed by atoms with Crippen LogP contribution in [0.2, 0.25) is 0 Å². The van der Waals surface area contributed by atoms with Crippen molar-refractivity contribution in [1.82, 2.24) is 9.88 Å². The number of methoxy groups -OCH3 is 1. The second-order valence-corrected chi connectivity index (χ2v) is 8.46. The second-order valence-electron chi connectivity index (χ2n) is 8.46. The topological polar surface area (TPSA) is 71.9 Å². The van der Waals surface area contributed by atoms with Crippen LogP contribution in [0.25, 0.3) is 0 Å². The standard InChI is InChI=1S/C24H30N2O4/c1-29-24(28)18-6-8-21(9-7-18)30-23-13-20-16-26(15-19(20)12-22(23)27)11-3-5-17-4-2-10-25-14-17/h2,4,6-10,14,19-20,22-23,27H,3,5,11-13,15-16H2,1H3/t19-,20+,22+,23+/m0/s1. The number of likely N-dealkylation sites (tertiary alicyclic amines) is 1. The number of hydrogen-bond donors (Lipinski definition) is 1. The number of nitrogens with zero attached hydrogens (tertiary/aromatic N) is 2. The number of ether oxygens (including phenoxy) is 2. The van der Waals surface area contributed by atoms with Crippen molar-refractivity contribution in [2.45, 2.75) is 37.9 Å². The summed E-state index contributed by atoms with van der Waals surface area (Å²) in [6, 6.07) is 11.0. The number of carbonyl (C=O) groups excluding carboxylic acids is 1. The Morgan fingerprint density at radius 2 is 1.93 bits per heavy atom. The molecular formula is C24H30N2O4. The van der Waals surface area contributed by atoms with E-state index in [0.29, 0.717) is 23.1 Å². The van der Waals surface area contributed by atoms with E-state index in [9.17, 15) is 9.90 Å². The molecule has 1 saturated carbocycles. The fourth-order valence-corrected chi connectivity index (χ4v) is 4.81. The number of esters is 1. The number of aryl methyl sites for hydroxylation is 1. The van der Waals surface area contributed by atoms with Crippen molar-refractivity contribution in [3.63, 3.8) is 0 Å². The zero-order valence-corrected chi connectivity index (χ0v) is 17.4. The van der Waals surface area contributed by atoms with Gasteiger partial charge >= 0.3 is 5.97 Å². The van der Waals surface area contributed by atoms with E-state index in [0.717, 1.165) is 45.3 Å². The number of pyridine rings is 1. The Balaban J connectivity index is 1.27. The van der Waals surface area contributed by atoms with Gasteiger partial charge in [0.25, 0.3) is 0 Å². The average Bonchev–Trinajstić information content (AvgIpc) is 3.16. The molecule has 0 amide bonds. The average molecular weight is 411 g/mol. The van der Waals surface area contributed by atoms with Crippen LogP contribution in [0.1, 0.15) is 35.2 Å². The summed E-state index contributed by atoms with van der Waals surface area (Å²) in [7, 11) is 1.37. The Kier molecular flexibility index (Phi) is 6.65. The van der Waals surface area contributed by atoms with Crippen molar-refractivity contribution >= 4 is 5.97 Å². The third-order valence-corrected chi connectivity index (χ3v) is 6.39. The van der Waals surface area contributed by atoms with Gasteiger partial charge in [-0.25, -0.2) is 4.79 Å². The zero-order valence-electron chi connectivity index (χ0n) is 17.4. The minimum atomic E-state index is -0.457. The molecule has 1 N–H and O–H groups in total. The van der Waals surface area contributed by atoms with Crippen LogP contribution in [0.15, 0.2) is 48.8 Å². The van der Waals surface area contributed by atoms with Crippen LogP contribution >= 0.6 is 0 Å². The second kappa shape index (κ2) is 9.58. The molecule has 2 aliphatic rings. The van der Waals surface area contributed by atoms with Gasteiger partial charge in [-0.1, -0.05) is 6.07 Å². The summed E-state index contributed by atoms with van der Waals surface area (Å²) in [5.74, 6) is 1.42. The largest absolute Gasteiger partial charge is 0.488 e. The van der Waals surface area contributed by atoms with Gasteiger partial charge in [-0.05, 0) is 80.0 Å². The lowest BCUT2D eigenvalue weighted by Crippen LogP contribution is -2.42. The molecule has 1 saturated heterocycles. The van der Waals surface area contributed by atoms with Crippen molar-refractivity contribution in [2.24, 2.45) is 11.8 Å². The number of fused-ring (bicyclic) bond motifs is 1. The lowest BCUT2D eigenvalue weighted by Gasteiger charge is -2.35. The third kappa shape index (κ3) is 4.99. The van der Waals surface area contributed by atoms with E-state index in [1.165, 1.54) is 12.7 Å². The van der Waals surface area contributed by atoms with Gasteiger partial charge in [0.05, 0.1) is 18.8 Å². The van der Waals surface area contributed by atoms with E-state index < -0.39 is 6.10 Å². The summed E-state index contributed by atoms with van der Waals surface area (Å²) in [5, 5.41) is 10.6. The number of aliphatic hydroxyl groups excluding tert-OH is 1. The van der Waals surface area contributed by atoms with Crippen LogP contribution in [0.4, 0.5) is 0 Å². The van der Waals surface area contributed by atoms with Crippen LogP contribution in [-0.4, -0.2) is 59.9 Å². The molecule has 1 aliphatic heterocycles. The van der Waals surface area contributed by atoms with Gasteiger partial charge < -0.3 is 19.5 Å². The fraction of sp³-hybridized carbons (Fsp3) is 0.500. The molecule has 0 bridgehead atoms. The molecule has 6 heteroatoms. The highest BCUT2D eigenvalue weighted by Gasteiger charge is 2.42. The first-order valence-corrected chi connectivity index (χ1v) is 10.8. The molecule has 2 fully saturated rings. The molecular weight excluding hydrogens is 380 g/mol. The quantitative estimate of drug-likeness (QED) is 0.708. The van der Waals surface area contributed by atoms with Gasteiger partial charge in [0.1, 0.15) is 11.9 Å². The Morgan fingerprint density at radius 3 is 2.63 bits per heavy atom. The molecule has 6 nitrogen and oxygen atoms in total. The minimum absolute atomic E-state index is 0.203. The molecule has 4 atom stereocenters. The molecule has 160 valence electrons. The van der Waals surface area contributed by atoms with Crippen LogP contribution in [-0.2, 0) is 11.2 Å². The van der Waals surface area contributed by atoms with Gasteiger partial charge in [0.15, 0.2) is 0 Å². The molecule has 0 spiro atoms. The lowest BCUT2D eigenvalue weighted by molar-refractivity contribution is -0.0231. The van der Waals surface area contributed by atoms with Crippen LogP contribution in [0.5, 0.6) is 5.75 Å². The third-order valence-electron chi connectivity index (χ3n) is 6.39. The molecule has 1 aliphatic carbocycles. The van der Waals surface area contributed by atoms with E-state index >= 15 is 0 Å². The molecule has 30 heavy (non-hydrogen) atoms. The fourth-order valence-electron chi connectivity index (χ4n) is 4.81. The van der Waals surface area contributed by atoms with Gasteiger partial charge in [-0.2, -0.15) is 0 Å². The first kappa shape index (κ1) is 20.8. The van der Waals surface area contributed by atoms with Crippen molar-refractivity contribution < 1.29 is 19.4 Å². The summed E-state index contributed by atoms with van der Waals surface area (Å²) < 4.78 is 10.8. The number of rotatable bonds is 7. The lowest BCUT2D eigenvalue weighted by atomic mass is 9.78. The summed E-state index contributed by atoms with van der Waals surface area (Å²) in [5.41, 5.74) is 1.78.